The SMILES string of the molecule is CCC(C)CN(CC)c1c(C(=O)O)c(C)nn1C. The number of hydrogen-bond donors (Lipinski definition) is 1. The number of carboxylic acids is 1. The van der Waals surface area contributed by atoms with Gasteiger partial charge in [0.15, 0.2) is 0 Å². The number of nitrogens with zero attached hydrogens (tertiary/aromatic N) is 3. The van der Waals surface area contributed by atoms with Crippen LogP contribution in [-0.4, -0.2) is 33.9 Å². The first-order valence-electron chi connectivity index (χ1n) is 6.44. The molecule has 0 saturated heterocycles. The van der Waals surface area contributed by atoms with Crippen molar-refractivity contribution in [1.82, 2.24) is 9.78 Å². The Morgan fingerprint density at radius 1 is 1.50 bits per heavy atom. The molecule has 0 fully saturated rings. The number of hydrogen-bond acceptors (Lipinski definition) is 3. The van der Waals surface area contributed by atoms with E-state index in [2.05, 4.69) is 23.8 Å². The van der Waals surface area contributed by atoms with Crippen molar-refractivity contribution in [2.24, 2.45) is 13.0 Å². The lowest BCUT2D eigenvalue weighted by atomic mass is 10.1. The van der Waals surface area contributed by atoms with E-state index in [-0.39, 0.29) is 0 Å². The topological polar surface area (TPSA) is 58.4 Å². The van der Waals surface area contributed by atoms with Crippen LogP contribution in [0.1, 0.15) is 43.2 Å². The Kier molecular flexibility index (Phi) is 4.76. The van der Waals surface area contributed by atoms with Crippen LogP contribution in [-0.2, 0) is 7.05 Å². The highest BCUT2D eigenvalue weighted by molar-refractivity contribution is 5.94. The summed E-state index contributed by atoms with van der Waals surface area (Å²) in [5.74, 6) is 0.336. The molecule has 0 saturated carbocycles. The van der Waals surface area contributed by atoms with E-state index in [1.807, 2.05) is 6.92 Å². The fourth-order valence-electron chi connectivity index (χ4n) is 2.13. The van der Waals surface area contributed by atoms with Gasteiger partial charge in [-0.3, -0.25) is 4.68 Å². The molecule has 0 aliphatic rings. The lowest BCUT2D eigenvalue weighted by molar-refractivity contribution is 0.0696. The maximum atomic E-state index is 11.4. The van der Waals surface area contributed by atoms with Gasteiger partial charge in [-0.25, -0.2) is 4.79 Å². The van der Waals surface area contributed by atoms with Crippen LogP contribution >= 0.6 is 0 Å². The molecule has 0 spiro atoms. The highest BCUT2D eigenvalue weighted by Gasteiger charge is 2.24. The molecule has 18 heavy (non-hydrogen) atoms. The van der Waals surface area contributed by atoms with Crippen LogP contribution in [0.5, 0.6) is 0 Å². The van der Waals surface area contributed by atoms with Crippen molar-refractivity contribution in [2.75, 3.05) is 18.0 Å². The number of aromatic nitrogens is 2. The first-order valence-corrected chi connectivity index (χ1v) is 6.44. The van der Waals surface area contributed by atoms with Gasteiger partial charge in [-0.1, -0.05) is 20.3 Å². The van der Waals surface area contributed by atoms with Gasteiger partial charge in [0.2, 0.25) is 0 Å². The molecule has 1 atom stereocenters. The van der Waals surface area contributed by atoms with E-state index in [0.29, 0.717) is 23.0 Å². The van der Waals surface area contributed by atoms with E-state index >= 15 is 0 Å². The highest BCUT2D eigenvalue weighted by Crippen LogP contribution is 2.24. The predicted molar refractivity (Wildman–Crippen MR) is 72.2 cm³/mol. The molecule has 1 heterocycles. The normalized spacial score (nSPS) is 12.5. The molecule has 1 aromatic rings. The minimum Gasteiger partial charge on any atom is -0.477 e. The lowest BCUT2D eigenvalue weighted by Gasteiger charge is -2.26. The van der Waals surface area contributed by atoms with Gasteiger partial charge in [0.1, 0.15) is 11.4 Å². The molecule has 1 rings (SSSR count). The quantitative estimate of drug-likeness (QED) is 0.845. The molecule has 0 aromatic carbocycles. The van der Waals surface area contributed by atoms with E-state index in [1.54, 1.807) is 18.7 Å². The standard InChI is InChI=1S/C13H23N3O2/c1-6-9(3)8-16(7-2)12-11(13(17)18)10(4)14-15(12)5/h9H,6-8H2,1-5H3,(H,17,18). The van der Waals surface area contributed by atoms with Crippen LogP contribution in [0.4, 0.5) is 5.82 Å². The largest absolute Gasteiger partial charge is 0.477 e. The summed E-state index contributed by atoms with van der Waals surface area (Å²) >= 11 is 0. The molecule has 102 valence electrons. The van der Waals surface area contributed by atoms with Crippen LogP contribution in [0, 0.1) is 12.8 Å². The third-order valence-corrected chi connectivity index (χ3v) is 3.32. The first-order chi connectivity index (χ1) is 8.42. The molecule has 0 amide bonds. The Morgan fingerprint density at radius 3 is 2.56 bits per heavy atom. The summed E-state index contributed by atoms with van der Waals surface area (Å²) in [5.41, 5.74) is 0.894. The smallest absolute Gasteiger partial charge is 0.341 e. The van der Waals surface area contributed by atoms with Crippen molar-refractivity contribution in [3.8, 4) is 0 Å². The Bertz CT molecular complexity index is 426. The first kappa shape index (κ1) is 14.5. The summed E-state index contributed by atoms with van der Waals surface area (Å²) < 4.78 is 1.67. The average Bonchev–Trinajstić information content (AvgIpc) is 2.60. The van der Waals surface area contributed by atoms with Crippen molar-refractivity contribution in [3.63, 3.8) is 0 Å². The number of rotatable bonds is 6. The van der Waals surface area contributed by atoms with Crippen molar-refractivity contribution in [2.45, 2.75) is 34.1 Å². The van der Waals surface area contributed by atoms with E-state index < -0.39 is 5.97 Å². The van der Waals surface area contributed by atoms with Crippen molar-refractivity contribution >= 4 is 11.8 Å². The second-order valence-corrected chi connectivity index (χ2v) is 4.76. The van der Waals surface area contributed by atoms with Crippen LogP contribution in [0.15, 0.2) is 0 Å². The zero-order valence-electron chi connectivity index (χ0n) is 11.9. The second-order valence-electron chi connectivity index (χ2n) is 4.76. The van der Waals surface area contributed by atoms with Crippen molar-refractivity contribution < 1.29 is 9.90 Å². The van der Waals surface area contributed by atoms with Gasteiger partial charge in [0, 0.05) is 20.1 Å². The van der Waals surface area contributed by atoms with Gasteiger partial charge < -0.3 is 10.0 Å². The minimum atomic E-state index is -0.904. The van der Waals surface area contributed by atoms with E-state index in [0.717, 1.165) is 19.5 Å². The van der Waals surface area contributed by atoms with E-state index in [9.17, 15) is 9.90 Å². The van der Waals surface area contributed by atoms with Gasteiger partial charge in [-0.05, 0) is 19.8 Å². The molecular weight excluding hydrogens is 230 g/mol. The summed E-state index contributed by atoms with van der Waals surface area (Å²) in [5, 5.41) is 13.5. The van der Waals surface area contributed by atoms with Gasteiger partial charge in [0.05, 0.1) is 5.69 Å². The minimum absolute atomic E-state index is 0.322. The van der Waals surface area contributed by atoms with Gasteiger partial charge in [-0.2, -0.15) is 5.10 Å². The monoisotopic (exact) mass is 253 g/mol. The maximum Gasteiger partial charge on any atom is 0.341 e. The number of carboxylic acid groups (broad SMARTS) is 1. The Morgan fingerprint density at radius 2 is 2.11 bits per heavy atom. The van der Waals surface area contributed by atoms with E-state index in [4.69, 9.17) is 0 Å². The molecule has 0 radical (unpaired) electrons. The van der Waals surface area contributed by atoms with Crippen LogP contribution < -0.4 is 4.90 Å². The molecule has 1 aromatic heterocycles. The van der Waals surface area contributed by atoms with Crippen molar-refractivity contribution in [3.05, 3.63) is 11.3 Å². The maximum absolute atomic E-state index is 11.4. The number of aryl methyl sites for hydroxylation is 2. The molecule has 5 heteroatoms. The van der Waals surface area contributed by atoms with Gasteiger partial charge in [0.25, 0.3) is 0 Å². The molecule has 5 nitrogen and oxygen atoms in total. The number of carbonyl (C=O) groups is 1. The zero-order valence-corrected chi connectivity index (χ0v) is 11.9. The molecule has 0 aliphatic carbocycles. The lowest BCUT2D eigenvalue weighted by Crippen LogP contribution is -2.31. The summed E-state index contributed by atoms with van der Waals surface area (Å²) in [6.45, 7) is 9.73. The summed E-state index contributed by atoms with van der Waals surface area (Å²) in [6.07, 6.45) is 1.08. The fourth-order valence-corrected chi connectivity index (χ4v) is 2.13. The third kappa shape index (κ3) is 2.83. The predicted octanol–water partition coefficient (Wildman–Crippen LogP) is 2.30. The molecule has 1 N–H and O–H groups in total. The Hall–Kier alpha value is -1.52. The van der Waals surface area contributed by atoms with Gasteiger partial charge >= 0.3 is 5.97 Å². The van der Waals surface area contributed by atoms with Crippen LogP contribution in [0.3, 0.4) is 0 Å². The average molecular weight is 253 g/mol. The van der Waals surface area contributed by atoms with E-state index in [1.165, 1.54) is 0 Å². The number of aromatic carboxylic acids is 1. The summed E-state index contributed by atoms with van der Waals surface area (Å²) in [4.78, 5) is 13.4. The summed E-state index contributed by atoms with van der Waals surface area (Å²) in [7, 11) is 1.80. The molecule has 0 bridgehead atoms. The second kappa shape index (κ2) is 5.89. The Labute approximate surface area is 108 Å². The molecular formula is C13H23N3O2. The highest BCUT2D eigenvalue weighted by atomic mass is 16.4. The third-order valence-electron chi connectivity index (χ3n) is 3.32. The van der Waals surface area contributed by atoms with Crippen molar-refractivity contribution in [1.29, 1.82) is 0 Å². The molecule has 0 aliphatic heterocycles. The zero-order chi connectivity index (χ0) is 13.9. The Balaban J connectivity index is 3.16. The number of anilines is 1. The summed E-state index contributed by atoms with van der Waals surface area (Å²) in [6, 6.07) is 0. The van der Waals surface area contributed by atoms with Crippen LogP contribution in [0.25, 0.3) is 0 Å². The fraction of sp³-hybridized carbons (Fsp3) is 0.692. The van der Waals surface area contributed by atoms with Gasteiger partial charge in [-0.15, -0.1) is 0 Å². The molecule has 1 unspecified atom stereocenters. The van der Waals surface area contributed by atoms with Crippen LogP contribution in [0.2, 0.25) is 0 Å².